The lowest BCUT2D eigenvalue weighted by Crippen LogP contribution is -2.38. The molecule has 0 bridgehead atoms. The molecular weight excluding hydrogens is 558 g/mol. The van der Waals surface area contributed by atoms with Crippen LogP contribution in [0.3, 0.4) is 0 Å². The highest BCUT2D eigenvalue weighted by molar-refractivity contribution is 5.85. The Balaban J connectivity index is 3.39. The van der Waals surface area contributed by atoms with Crippen molar-refractivity contribution < 1.29 is 52.4 Å². The van der Waals surface area contributed by atoms with Crippen molar-refractivity contribution in [3.63, 3.8) is 0 Å². The van der Waals surface area contributed by atoms with E-state index in [0.29, 0.717) is 26.1 Å². The minimum Gasteiger partial charge on any atom is -0.377 e. The molecule has 0 aromatic carbocycles. The minimum atomic E-state index is -0.387. The fourth-order valence-corrected chi connectivity index (χ4v) is 2.71. The van der Waals surface area contributed by atoms with Gasteiger partial charge in [-0.05, 0) is 6.42 Å². The molecule has 0 saturated heterocycles. The molecule has 0 unspecified atom stereocenters. The molecular formula is C26H49N5O11. The van der Waals surface area contributed by atoms with Crippen LogP contribution in [0, 0.1) is 0 Å². The van der Waals surface area contributed by atoms with Crippen LogP contribution in [-0.2, 0) is 52.4 Å². The summed E-state index contributed by atoms with van der Waals surface area (Å²) in [5.74, 6) is -1.31. The Morgan fingerprint density at radius 1 is 0.452 bits per heavy atom. The fraction of sp³-hybridized carbons (Fsp3) is 0.808. The van der Waals surface area contributed by atoms with Crippen LogP contribution in [0.5, 0.6) is 0 Å². The lowest BCUT2D eigenvalue weighted by atomic mass is 10.3. The Morgan fingerprint density at radius 2 is 0.905 bits per heavy atom. The summed E-state index contributed by atoms with van der Waals surface area (Å²) in [6, 6.07) is 0. The van der Waals surface area contributed by atoms with Crippen molar-refractivity contribution in [3.05, 3.63) is 0 Å². The van der Waals surface area contributed by atoms with Gasteiger partial charge in [-0.2, -0.15) is 0 Å². The van der Waals surface area contributed by atoms with Crippen molar-refractivity contribution in [2.45, 2.75) is 33.1 Å². The number of carbonyl (C=O) groups excluding carboxylic acids is 5. The standard InChI is InChI=1S/C26H49N5O11/c1-3-5-6-27-23(33)17-30-26(36)20-40-14-12-38-10-7-28-24(34)18-39-13-11-37-9-8-29-25(35)19-41-15-16-42-21-31-22(32)4-2/h3-21H2,1-2H3,(H,27,33)(H,28,34)(H,29,35)(H,30,36)(H,31,32). The molecule has 5 amide bonds. The molecule has 16 heteroatoms. The highest BCUT2D eigenvalue weighted by atomic mass is 16.5. The maximum Gasteiger partial charge on any atom is 0.246 e. The first kappa shape index (κ1) is 39.1. The van der Waals surface area contributed by atoms with E-state index in [9.17, 15) is 24.0 Å². The molecule has 0 spiro atoms. The van der Waals surface area contributed by atoms with Crippen LogP contribution < -0.4 is 26.6 Å². The van der Waals surface area contributed by atoms with Crippen LogP contribution in [-0.4, -0.2) is 135 Å². The van der Waals surface area contributed by atoms with E-state index >= 15 is 0 Å². The van der Waals surface area contributed by atoms with E-state index in [4.69, 9.17) is 28.4 Å². The summed E-state index contributed by atoms with van der Waals surface area (Å²) in [4.78, 5) is 57.5. The summed E-state index contributed by atoms with van der Waals surface area (Å²) in [6.07, 6.45) is 2.26. The first-order chi connectivity index (χ1) is 20.4. The third-order valence-corrected chi connectivity index (χ3v) is 4.94. The first-order valence-corrected chi connectivity index (χ1v) is 14.2. The smallest absolute Gasteiger partial charge is 0.246 e. The number of carbonyl (C=O) groups is 5. The van der Waals surface area contributed by atoms with Gasteiger partial charge in [-0.25, -0.2) is 0 Å². The molecule has 0 fully saturated rings. The summed E-state index contributed by atoms with van der Waals surface area (Å²) in [6.45, 7) is 6.52. The molecule has 244 valence electrons. The van der Waals surface area contributed by atoms with Crippen LogP contribution in [0.15, 0.2) is 0 Å². The van der Waals surface area contributed by atoms with Crippen molar-refractivity contribution >= 4 is 29.5 Å². The average molecular weight is 608 g/mol. The van der Waals surface area contributed by atoms with Gasteiger partial charge in [0.05, 0.1) is 59.4 Å². The van der Waals surface area contributed by atoms with Gasteiger partial charge < -0.3 is 55.0 Å². The average Bonchev–Trinajstić information content (AvgIpc) is 2.98. The van der Waals surface area contributed by atoms with Gasteiger partial charge in [0.15, 0.2) is 0 Å². The quantitative estimate of drug-likeness (QED) is 0.0458. The lowest BCUT2D eigenvalue weighted by Gasteiger charge is -2.09. The zero-order valence-corrected chi connectivity index (χ0v) is 24.9. The van der Waals surface area contributed by atoms with Crippen molar-refractivity contribution in [3.8, 4) is 0 Å². The number of amides is 5. The molecule has 0 aromatic rings. The van der Waals surface area contributed by atoms with Gasteiger partial charge in [-0.3, -0.25) is 24.0 Å². The van der Waals surface area contributed by atoms with Gasteiger partial charge in [0.1, 0.15) is 26.6 Å². The second kappa shape index (κ2) is 29.6. The first-order valence-electron chi connectivity index (χ1n) is 14.2. The number of rotatable bonds is 29. The molecule has 16 nitrogen and oxygen atoms in total. The molecule has 42 heavy (non-hydrogen) atoms. The Kier molecular flexibility index (Phi) is 27.6. The molecule has 5 N–H and O–H groups in total. The van der Waals surface area contributed by atoms with E-state index < -0.39 is 0 Å². The highest BCUT2D eigenvalue weighted by Gasteiger charge is 2.06. The number of hydrogen-bond acceptors (Lipinski definition) is 11. The van der Waals surface area contributed by atoms with E-state index in [-0.39, 0.29) is 115 Å². The number of nitrogens with one attached hydrogen (secondary N) is 5. The third-order valence-electron chi connectivity index (χ3n) is 4.94. The zero-order chi connectivity index (χ0) is 31.1. The zero-order valence-electron chi connectivity index (χ0n) is 24.9. The molecule has 0 aliphatic heterocycles. The minimum absolute atomic E-state index is 0.0858. The maximum atomic E-state index is 11.7. The summed E-state index contributed by atoms with van der Waals surface area (Å²) < 4.78 is 31.3. The summed E-state index contributed by atoms with van der Waals surface area (Å²) in [7, 11) is 0. The molecule has 0 radical (unpaired) electrons. The normalized spacial score (nSPS) is 10.6. The van der Waals surface area contributed by atoms with Crippen LogP contribution in [0.25, 0.3) is 0 Å². The monoisotopic (exact) mass is 607 g/mol. The largest absolute Gasteiger partial charge is 0.377 e. The van der Waals surface area contributed by atoms with Gasteiger partial charge in [0.2, 0.25) is 29.5 Å². The van der Waals surface area contributed by atoms with Crippen molar-refractivity contribution in [1.82, 2.24) is 26.6 Å². The van der Waals surface area contributed by atoms with Gasteiger partial charge >= 0.3 is 0 Å². The number of ether oxygens (including phenoxy) is 6. The van der Waals surface area contributed by atoms with E-state index in [1.165, 1.54) is 0 Å². The maximum absolute atomic E-state index is 11.7. The third kappa shape index (κ3) is 28.6. The van der Waals surface area contributed by atoms with Crippen molar-refractivity contribution in [2.24, 2.45) is 0 Å². The van der Waals surface area contributed by atoms with Crippen LogP contribution in [0.4, 0.5) is 0 Å². The summed E-state index contributed by atoms with van der Waals surface area (Å²) >= 11 is 0. The van der Waals surface area contributed by atoms with Crippen molar-refractivity contribution in [2.75, 3.05) is 106 Å². The lowest BCUT2D eigenvalue weighted by molar-refractivity contribution is -0.129. The SMILES string of the molecule is CCCCNC(=O)CNC(=O)COCCOCCNC(=O)COCCOCCNC(=O)COCCOCNC(=O)CC. The van der Waals surface area contributed by atoms with E-state index in [2.05, 4.69) is 26.6 Å². The molecule has 0 rings (SSSR count). The molecule has 0 heterocycles. The number of unbranched alkanes of at least 4 members (excludes halogenated alkanes) is 1. The second-order valence-corrected chi connectivity index (χ2v) is 8.57. The van der Waals surface area contributed by atoms with Crippen molar-refractivity contribution in [1.29, 1.82) is 0 Å². The van der Waals surface area contributed by atoms with Crippen LogP contribution in [0.1, 0.15) is 33.1 Å². The highest BCUT2D eigenvalue weighted by Crippen LogP contribution is 1.84. The summed E-state index contributed by atoms with van der Waals surface area (Å²) in [5, 5.41) is 13.0. The Hall–Kier alpha value is -2.89. The predicted molar refractivity (Wildman–Crippen MR) is 150 cm³/mol. The van der Waals surface area contributed by atoms with Crippen LogP contribution >= 0.6 is 0 Å². The van der Waals surface area contributed by atoms with Gasteiger partial charge in [-0.15, -0.1) is 0 Å². The Morgan fingerprint density at radius 3 is 1.40 bits per heavy atom. The van der Waals surface area contributed by atoms with Gasteiger partial charge in [0, 0.05) is 26.1 Å². The number of hydrogen-bond donors (Lipinski definition) is 5. The van der Waals surface area contributed by atoms with E-state index in [1.807, 2.05) is 6.92 Å². The van der Waals surface area contributed by atoms with E-state index in [1.54, 1.807) is 6.92 Å². The predicted octanol–water partition coefficient (Wildman–Crippen LogP) is -2.17. The van der Waals surface area contributed by atoms with Gasteiger partial charge in [-0.1, -0.05) is 20.3 Å². The van der Waals surface area contributed by atoms with Gasteiger partial charge in [0.25, 0.3) is 0 Å². The topological polar surface area (TPSA) is 201 Å². The Labute approximate surface area is 247 Å². The molecule has 0 atom stereocenters. The molecule has 0 aliphatic carbocycles. The fourth-order valence-electron chi connectivity index (χ4n) is 2.71. The van der Waals surface area contributed by atoms with Crippen LogP contribution in [0.2, 0.25) is 0 Å². The summed E-state index contributed by atoms with van der Waals surface area (Å²) in [5.41, 5.74) is 0. The Bertz CT molecular complexity index is 743. The molecule has 0 aliphatic rings. The molecule has 0 aromatic heterocycles. The van der Waals surface area contributed by atoms with E-state index in [0.717, 1.165) is 12.8 Å². The molecule has 0 saturated carbocycles. The second-order valence-electron chi connectivity index (χ2n) is 8.57.